The number of nitro benzene ring substituents is 1. The second-order valence-corrected chi connectivity index (χ2v) is 7.16. The summed E-state index contributed by atoms with van der Waals surface area (Å²) in [4.78, 5) is 38.9. The Morgan fingerprint density at radius 1 is 1.18 bits per heavy atom. The van der Waals surface area contributed by atoms with Gasteiger partial charge in [0.15, 0.2) is 0 Å². The van der Waals surface area contributed by atoms with Crippen LogP contribution in [0.15, 0.2) is 35.7 Å². The van der Waals surface area contributed by atoms with Crippen molar-refractivity contribution in [3.05, 3.63) is 50.7 Å². The van der Waals surface area contributed by atoms with Gasteiger partial charge in [0.2, 0.25) is 5.91 Å². The van der Waals surface area contributed by atoms with Gasteiger partial charge in [0, 0.05) is 44.0 Å². The molecule has 0 spiro atoms. The van der Waals surface area contributed by atoms with Crippen LogP contribution >= 0.6 is 11.3 Å². The Morgan fingerprint density at radius 3 is 2.46 bits per heavy atom. The molecule has 148 valence electrons. The number of amides is 1. The van der Waals surface area contributed by atoms with E-state index in [0.717, 1.165) is 18.8 Å². The average molecular weight is 404 g/mol. The zero-order valence-electron chi connectivity index (χ0n) is 15.3. The molecule has 0 unspecified atom stereocenters. The first kappa shape index (κ1) is 19.8. The van der Waals surface area contributed by atoms with Crippen molar-refractivity contribution in [3.63, 3.8) is 0 Å². The standard InChI is InChI=1S/C18H20N4O5S/c1-27-18(24)17-15(6-11-28-17)19-16(23)12-20-7-9-21(10-8-20)13-2-4-14(5-3-13)22(25)26/h2-6,11H,7-10,12H2,1H3,(H,19,23). The molecule has 3 rings (SSSR count). The molecular weight excluding hydrogens is 384 g/mol. The minimum Gasteiger partial charge on any atom is -0.465 e. The number of anilines is 2. The molecule has 10 heteroatoms. The number of piperazine rings is 1. The SMILES string of the molecule is COC(=O)c1sccc1NC(=O)CN1CCN(c2ccc([N+](=O)[O-])cc2)CC1. The first-order chi connectivity index (χ1) is 13.5. The molecule has 1 aromatic carbocycles. The molecule has 0 aliphatic carbocycles. The summed E-state index contributed by atoms with van der Waals surface area (Å²) in [6.07, 6.45) is 0. The number of nitrogens with zero attached hydrogens (tertiary/aromatic N) is 3. The lowest BCUT2D eigenvalue weighted by molar-refractivity contribution is -0.384. The lowest BCUT2D eigenvalue weighted by Crippen LogP contribution is -2.48. The molecule has 2 heterocycles. The summed E-state index contributed by atoms with van der Waals surface area (Å²) < 4.78 is 4.71. The van der Waals surface area contributed by atoms with Crippen molar-refractivity contribution in [1.29, 1.82) is 0 Å². The van der Waals surface area contributed by atoms with Crippen molar-refractivity contribution in [2.24, 2.45) is 0 Å². The average Bonchev–Trinajstić information content (AvgIpc) is 3.16. The van der Waals surface area contributed by atoms with E-state index in [1.165, 1.54) is 30.6 Å². The monoisotopic (exact) mass is 404 g/mol. The van der Waals surface area contributed by atoms with E-state index in [4.69, 9.17) is 4.74 Å². The van der Waals surface area contributed by atoms with Gasteiger partial charge in [-0.3, -0.25) is 19.8 Å². The lowest BCUT2D eigenvalue weighted by Gasteiger charge is -2.35. The van der Waals surface area contributed by atoms with Crippen LogP contribution in [-0.2, 0) is 9.53 Å². The fourth-order valence-electron chi connectivity index (χ4n) is 3.00. The molecule has 1 aliphatic heterocycles. The first-order valence-electron chi connectivity index (χ1n) is 8.65. The maximum atomic E-state index is 12.3. The van der Waals surface area contributed by atoms with Crippen LogP contribution in [0.4, 0.5) is 17.1 Å². The number of methoxy groups -OCH3 is 1. The Kier molecular flexibility index (Phi) is 6.22. The minimum atomic E-state index is -0.470. The maximum Gasteiger partial charge on any atom is 0.350 e. The van der Waals surface area contributed by atoms with Gasteiger partial charge >= 0.3 is 5.97 Å². The largest absolute Gasteiger partial charge is 0.465 e. The summed E-state index contributed by atoms with van der Waals surface area (Å²) in [6.45, 7) is 3.05. The molecule has 1 saturated heterocycles. The van der Waals surface area contributed by atoms with Gasteiger partial charge in [-0.1, -0.05) is 0 Å². The van der Waals surface area contributed by atoms with Crippen LogP contribution in [0.3, 0.4) is 0 Å². The van der Waals surface area contributed by atoms with Crippen molar-refractivity contribution < 1.29 is 19.2 Å². The van der Waals surface area contributed by atoms with Crippen molar-refractivity contribution >= 4 is 40.3 Å². The molecule has 2 aromatic rings. The summed E-state index contributed by atoms with van der Waals surface area (Å²) in [5.74, 6) is -0.658. The number of rotatable bonds is 6. The Bertz CT molecular complexity index is 859. The van der Waals surface area contributed by atoms with Crippen LogP contribution in [0, 0.1) is 10.1 Å². The van der Waals surface area contributed by atoms with Crippen LogP contribution in [0.25, 0.3) is 0 Å². The highest BCUT2D eigenvalue weighted by atomic mass is 32.1. The van der Waals surface area contributed by atoms with Gasteiger partial charge in [0.05, 0.1) is 24.3 Å². The molecule has 0 radical (unpaired) electrons. The number of hydrogen-bond acceptors (Lipinski definition) is 8. The van der Waals surface area contributed by atoms with Crippen molar-refractivity contribution in [2.45, 2.75) is 0 Å². The zero-order valence-corrected chi connectivity index (χ0v) is 16.1. The second kappa shape index (κ2) is 8.81. The minimum absolute atomic E-state index is 0.0683. The van der Waals surface area contributed by atoms with Gasteiger partial charge < -0.3 is 15.0 Å². The first-order valence-corrected chi connectivity index (χ1v) is 9.53. The molecule has 1 amide bonds. The molecule has 28 heavy (non-hydrogen) atoms. The summed E-state index contributed by atoms with van der Waals surface area (Å²) >= 11 is 1.22. The van der Waals surface area contributed by atoms with Gasteiger partial charge in [-0.2, -0.15) is 0 Å². The topological polar surface area (TPSA) is 105 Å². The Hall–Kier alpha value is -2.98. The smallest absolute Gasteiger partial charge is 0.350 e. The molecule has 0 bridgehead atoms. The molecule has 9 nitrogen and oxygen atoms in total. The van der Waals surface area contributed by atoms with E-state index in [0.29, 0.717) is 23.7 Å². The zero-order chi connectivity index (χ0) is 20.1. The van der Waals surface area contributed by atoms with Crippen molar-refractivity contribution in [2.75, 3.05) is 50.1 Å². The molecule has 1 fully saturated rings. The predicted octanol–water partition coefficient (Wildman–Crippen LogP) is 2.20. The Balaban J connectivity index is 1.50. The number of carbonyl (C=O) groups is 2. The quantitative estimate of drug-likeness (QED) is 0.447. The normalized spacial score (nSPS) is 14.5. The molecule has 0 saturated carbocycles. The van der Waals surface area contributed by atoms with Gasteiger partial charge in [0.1, 0.15) is 4.88 Å². The highest BCUT2D eigenvalue weighted by Gasteiger charge is 2.21. The number of esters is 1. The Labute approximate surface area is 165 Å². The Morgan fingerprint density at radius 2 is 1.86 bits per heavy atom. The number of thiophene rings is 1. The highest BCUT2D eigenvalue weighted by Crippen LogP contribution is 2.23. The number of benzene rings is 1. The summed E-state index contributed by atoms with van der Waals surface area (Å²) in [6, 6.07) is 8.15. The molecule has 1 N–H and O–H groups in total. The van der Waals surface area contributed by atoms with Crippen molar-refractivity contribution in [3.8, 4) is 0 Å². The van der Waals surface area contributed by atoms with E-state index >= 15 is 0 Å². The number of non-ortho nitro benzene ring substituents is 1. The van der Waals surface area contributed by atoms with Crippen LogP contribution in [0.1, 0.15) is 9.67 Å². The number of hydrogen-bond donors (Lipinski definition) is 1. The van der Waals surface area contributed by atoms with Crippen LogP contribution < -0.4 is 10.2 Å². The van der Waals surface area contributed by atoms with Crippen LogP contribution in [-0.4, -0.2) is 61.5 Å². The number of nitro groups is 1. The predicted molar refractivity (Wildman–Crippen MR) is 106 cm³/mol. The third kappa shape index (κ3) is 4.65. The fraction of sp³-hybridized carbons (Fsp3) is 0.333. The fourth-order valence-corrected chi connectivity index (χ4v) is 3.77. The molecule has 1 aliphatic rings. The van der Waals surface area contributed by atoms with Crippen LogP contribution in [0.5, 0.6) is 0 Å². The highest BCUT2D eigenvalue weighted by molar-refractivity contribution is 7.12. The third-order valence-electron chi connectivity index (χ3n) is 4.48. The molecular formula is C18H20N4O5S. The van der Waals surface area contributed by atoms with Gasteiger partial charge in [0.25, 0.3) is 5.69 Å². The summed E-state index contributed by atoms with van der Waals surface area (Å²) in [7, 11) is 1.30. The van der Waals surface area contributed by atoms with Gasteiger partial charge in [-0.05, 0) is 23.6 Å². The van der Waals surface area contributed by atoms with E-state index in [1.54, 1.807) is 23.6 Å². The molecule has 0 atom stereocenters. The van der Waals surface area contributed by atoms with E-state index in [-0.39, 0.29) is 18.1 Å². The second-order valence-electron chi connectivity index (χ2n) is 6.24. The van der Waals surface area contributed by atoms with Crippen molar-refractivity contribution in [1.82, 2.24) is 4.90 Å². The van der Waals surface area contributed by atoms with E-state index in [1.807, 2.05) is 4.90 Å². The maximum absolute atomic E-state index is 12.3. The van der Waals surface area contributed by atoms with E-state index < -0.39 is 10.9 Å². The summed E-state index contributed by atoms with van der Waals surface area (Å²) in [5, 5.41) is 15.2. The number of ether oxygens (including phenoxy) is 1. The number of nitrogens with one attached hydrogen (secondary N) is 1. The number of carbonyl (C=O) groups excluding carboxylic acids is 2. The summed E-state index contributed by atoms with van der Waals surface area (Å²) in [5.41, 5.74) is 1.46. The van der Waals surface area contributed by atoms with E-state index in [2.05, 4.69) is 10.2 Å². The van der Waals surface area contributed by atoms with Gasteiger partial charge in [-0.25, -0.2) is 4.79 Å². The molecule has 1 aromatic heterocycles. The van der Waals surface area contributed by atoms with Gasteiger partial charge in [-0.15, -0.1) is 11.3 Å². The van der Waals surface area contributed by atoms with Crippen LogP contribution in [0.2, 0.25) is 0 Å². The van der Waals surface area contributed by atoms with E-state index in [9.17, 15) is 19.7 Å². The lowest BCUT2D eigenvalue weighted by atomic mass is 10.2. The third-order valence-corrected chi connectivity index (χ3v) is 5.37.